The van der Waals surface area contributed by atoms with Crippen molar-refractivity contribution in [3.63, 3.8) is 0 Å². The summed E-state index contributed by atoms with van der Waals surface area (Å²) in [5.74, 6) is 1.40. The van der Waals surface area contributed by atoms with E-state index < -0.39 is 0 Å². The molecule has 1 atom stereocenters. The highest BCUT2D eigenvalue weighted by Crippen LogP contribution is 2.13. The first-order valence-corrected chi connectivity index (χ1v) is 8.57. The van der Waals surface area contributed by atoms with Crippen LogP contribution in [0.4, 0.5) is 0 Å². The van der Waals surface area contributed by atoms with E-state index in [9.17, 15) is 4.79 Å². The van der Waals surface area contributed by atoms with Gasteiger partial charge >= 0.3 is 0 Å². The second kappa shape index (κ2) is 13.7. The first-order valence-electron chi connectivity index (χ1n) is 8.57. The SMILES string of the molecule is CCCNC(=O)CN=C(NCC)NCC(C)Oc1cccc(C)c1.I. The topological polar surface area (TPSA) is 74.8 Å². The lowest BCUT2D eigenvalue weighted by Crippen LogP contribution is -2.42. The lowest BCUT2D eigenvalue weighted by atomic mass is 10.2. The predicted molar refractivity (Wildman–Crippen MR) is 114 cm³/mol. The number of aryl methyl sites for hydroxylation is 1. The Kier molecular flexibility index (Phi) is 12.9. The van der Waals surface area contributed by atoms with Gasteiger partial charge in [0.2, 0.25) is 5.91 Å². The van der Waals surface area contributed by atoms with Gasteiger partial charge in [-0.25, -0.2) is 4.99 Å². The number of hydrogen-bond acceptors (Lipinski definition) is 3. The molecule has 1 aromatic rings. The summed E-state index contributed by atoms with van der Waals surface area (Å²) < 4.78 is 5.88. The van der Waals surface area contributed by atoms with E-state index in [0.717, 1.165) is 18.7 Å². The van der Waals surface area contributed by atoms with Crippen LogP contribution in [-0.2, 0) is 4.79 Å². The largest absolute Gasteiger partial charge is 0.489 e. The number of nitrogens with one attached hydrogen (secondary N) is 3. The molecule has 0 aliphatic carbocycles. The summed E-state index contributed by atoms with van der Waals surface area (Å²) in [4.78, 5) is 15.9. The number of amides is 1. The van der Waals surface area contributed by atoms with Crippen molar-refractivity contribution in [2.24, 2.45) is 4.99 Å². The van der Waals surface area contributed by atoms with Crippen LogP contribution in [0.1, 0.15) is 32.8 Å². The fraction of sp³-hybridized carbons (Fsp3) is 0.556. The Morgan fingerprint density at radius 2 is 2.00 bits per heavy atom. The van der Waals surface area contributed by atoms with Crippen LogP contribution in [0, 0.1) is 6.92 Å². The third-order valence-electron chi connectivity index (χ3n) is 3.18. The van der Waals surface area contributed by atoms with Gasteiger partial charge in [0.05, 0.1) is 6.54 Å². The average molecular weight is 462 g/mol. The van der Waals surface area contributed by atoms with Gasteiger partial charge in [-0.15, -0.1) is 24.0 Å². The summed E-state index contributed by atoms with van der Waals surface area (Å²) in [5.41, 5.74) is 1.17. The molecule has 0 saturated heterocycles. The fourth-order valence-corrected chi connectivity index (χ4v) is 2.02. The Balaban J connectivity index is 0.00000576. The molecule has 0 heterocycles. The molecule has 1 aromatic carbocycles. The predicted octanol–water partition coefficient (Wildman–Crippen LogP) is 2.46. The Morgan fingerprint density at radius 3 is 2.64 bits per heavy atom. The van der Waals surface area contributed by atoms with Crippen molar-refractivity contribution in [1.82, 2.24) is 16.0 Å². The van der Waals surface area contributed by atoms with Gasteiger partial charge in [0, 0.05) is 13.1 Å². The number of rotatable bonds is 9. The van der Waals surface area contributed by atoms with Crippen molar-refractivity contribution in [3.8, 4) is 5.75 Å². The lowest BCUT2D eigenvalue weighted by molar-refractivity contribution is -0.119. The molecular weight excluding hydrogens is 431 g/mol. The van der Waals surface area contributed by atoms with Crippen molar-refractivity contribution >= 4 is 35.8 Å². The summed E-state index contributed by atoms with van der Waals surface area (Å²) >= 11 is 0. The van der Waals surface area contributed by atoms with Gasteiger partial charge in [-0.1, -0.05) is 19.1 Å². The van der Waals surface area contributed by atoms with Gasteiger partial charge in [-0.05, 0) is 44.9 Å². The van der Waals surface area contributed by atoms with Crippen LogP contribution >= 0.6 is 24.0 Å². The average Bonchev–Trinajstić information content (AvgIpc) is 2.55. The molecule has 0 aliphatic rings. The molecule has 6 nitrogen and oxygen atoms in total. The molecule has 1 rings (SSSR count). The van der Waals surface area contributed by atoms with E-state index in [-0.39, 0.29) is 42.5 Å². The van der Waals surface area contributed by atoms with E-state index in [0.29, 0.717) is 19.0 Å². The molecule has 1 unspecified atom stereocenters. The zero-order valence-electron chi connectivity index (χ0n) is 15.6. The van der Waals surface area contributed by atoms with Crippen LogP contribution < -0.4 is 20.7 Å². The number of carbonyl (C=O) groups is 1. The standard InChI is InChI=1S/C18H30N4O2.HI/c1-5-10-20-17(23)13-22-18(19-6-2)21-12-15(4)24-16-9-7-8-14(3)11-16;/h7-9,11,15H,5-6,10,12-13H2,1-4H3,(H,20,23)(H2,19,21,22);1H. The van der Waals surface area contributed by atoms with E-state index in [1.165, 1.54) is 5.56 Å². The lowest BCUT2D eigenvalue weighted by Gasteiger charge is -2.18. The Hall–Kier alpha value is -1.51. The van der Waals surface area contributed by atoms with Crippen molar-refractivity contribution in [3.05, 3.63) is 29.8 Å². The van der Waals surface area contributed by atoms with E-state index in [4.69, 9.17) is 4.74 Å². The third kappa shape index (κ3) is 10.9. The fourth-order valence-electron chi connectivity index (χ4n) is 2.02. The van der Waals surface area contributed by atoms with Gasteiger partial charge < -0.3 is 20.7 Å². The molecule has 3 N–H and O–H groups in total. The van der Waals surface area contributed by atoms with Crippen LogP contribution in [0.25, 0.3) is 0 Å². The number of nitrogens with zero attached hydrogens (tertiary/aromatic N) is 1. The minimum absolute atomic E-state index is 0. The van der Waals surface area contributed by atoms with Gasteiger partial charge in [0.15, 0.2) is 5.96 Å². The quantitative estimate of drug-likeness (QED) is 0.300. The molecule has 0 radical (unpaired) electrons. The van der Waals surface area contributed by atoms with E-state index >= 15 is 0 Å². The van der Waals surface area contributed by atoms with Crippen LogP contribution in [-0.4, -0.2) is 44.1 Å². The molecule has 0 spiro atoms. The number of carbonyl (C=O) groups excluding carboxylic acids is 1. The van der Waals surface area contributed by atoms with Gasteiger partial charge in [0.25, 0.3) is 0 Å². The molecule has 25 heavy (non-hydrogen) atoms. The maximum absolute atomic E-state index is 11.6. The monoisotopic (exact) mass is 462 g/mol. The molecule has 7 heteroatoms. The number of guanidine groups is 1. The zero-order chi connectivity index (χ0) is 17.8. The Morgan fingerprint density at radius 1 is 1.24 bits per heavy atom. The molecular formula is C18H31IN4O2. The van der Waals surface area contributed by atoms with Crippen LogP contribution in [0.3, 0.4) is 0 Å². The van der Waals surface area contributed by atoms with Crippen LogP contribution in [0.2, 0.25) is 0 Å². The number of halogens is 1. The molecule has 0 aromatic heterocycles. The zero-order valence-corrected chi connectivity index (χ0v) is 17.9. The maximum atomic E-state index is 11.6. The first-order chi connectivity index (χ1) is 11.5. The highest BCUT2D eigenvalue weighted by atomic mass is 127. The first kappa shape index (κ1) is 23.5. The van der Waals surface area contributed by atoms with Gasteiger partial charge in [-0.2, -0.15) is 0 Å². The molecule has 0 bridgehead atoms. The molecule has 0 aliphatic heterocycles. The Labute approximate surface area is 168 Å². The summed E-state index contributed by atoms with van der Waals surface area (Å²) in [7, 11) is 0. The second-order valence-electron chi connectivity index (χ2n) is 5.67. The van der Waals surface area contributed by atoms with E-state index in [1.807, 2.05) is 52.0 Å². The van der Waals surface area contributed by atoms with Crippen LogP contribution in [0.5, 0.6) is 5.75 Å². The number of benzene rings is 1. The summed E-state index contributed by atoms with van der Waals surface area (Å²) in [6.07, 6.45) is 0.895. The molecule has 1 amide bonds. The summed E-state index contributed by atoms with van der Waals surface area (Å²) in [5, 5.41) is 9.13. The number of ether oxygens (including phenoxy) is 1. The normalized spacial score (nSPS) is 11.9. The smallest absolute Gasteiger partial charge is 0.241 e. The van der Waals surface area contributed by atoms with E-state index in [1.54, 1.807) is 0 Å². The number of aliphatic imine (C=N–C) groups is 1. The molecule has 0 fully saturated rings. The van der Waals surface area contributed by atoms with Crippen LogP contribution in [0.15, 0.2) is 29.3 Å². The number of hydrogen-bond donors (Lipinski definition) is 3. The van der Waals surface area contributed by atoms with Crippen molar-refractivity contribution < 1.29 is 9.53 Å². The maximum Gasteiger partial charge on any atom is 0.241 e. The van der Waals surface area contributed by atoms with E-state index in [2.05, 4.69) is 20.9 Å². The Bertz CT molecular complexity index is 538. The van der Waals surface area contributed by atoms with Crippen molar-refractivity contribution in [1.29, 1.82) is 0 Å². The highest BCUT2D eigenvalue weighted by molar-refractivity contribution is 14.0. The minimum atomic E-state index is -0.0712. The summed E-state index contributed by atoms with van der Waals surface area (Å²) in [6, 6.07) is 7.97. The second-order valence-corrected chi connectivity index (χ2v) is 5.67. The van der Waals surface area contributed by atoms with Gasteiger partial charge in [-0.3, -0.25) is 4.79 Å². The minimum Gasteiger partial charge on any atom is -0.489 e. The van der Waals surface area contributed by atoms with Gasteiger partial charge in [0.1, 0.15) is 18.4 Å². The molecule has 0 saturated carbocycles. The van der Waals surface area contributed by atoms with Crippen molar-refractivity contribution in [2.75, 3.05) is 26.2 Å². The summed E-state index contributed by atoms with van der Waals surface area (Å²) in [6.45, 7) is 10.2. The highest BCUT2D eigenvalue weighted by Gasteiger charge is 2.06. The third-order valence-corrected chi connectivity index (χ3v) is 3.18. The van der Waals surface area contributed by atoms with Crippen molar-refractivity contribution in [2.45, 2.75) is 40.2 Å². The molecule has 142 valence electrons.